The third-order valence-electron chi connectivity index (χ3n) is 4.08. The Bertz CT molecular complexity index is 834. The van der Waals surface area contributed by atoms with E-state index in [0.717, 1.165) is 5.56 Å². The van der Waals surface area contributed by atoms with Crippen LogP contribution in [0.2, 0.25) is 0 Å². The number of aromatic nitrogens is 1. The standard InChI is InChI=1S/C16H19N3O5S/c20-16(21)13-7-4-8-19(10-13)25(22,23)17-9-14-11-24-15(18-14)12-5-2-1-3-6-12/h1-3,5-6,11,13,17H,4,7-10H2,(H,20,21). The quantitative estimate of drug-likeness (QED) is 0.802. The molecule has 9 heteroatoms. The number of nitrogens with zero attached hydrogens (tertiary/aromatic N) is 2. The van der Waals surface area contributed by atoms with Gasteiger partial charge < -0.3 is 9.52 Å². The second kappa shape index (κ2) is 7.34. The lowest BCUT2D eigenvalue weighted by atomic mass is 10.0. The first-order valence-electron chi connectivity index (χ1n) is 7.93. The van der Waals surface area contributed by atoms with E-state index in [9.17, 15) is 13.2 Å². The summed E-state index contributed by atoms with van der Waals surface area (Å²) in [5, 5.41) is 9.08. The Balaban J connectivity index is 1.63. The topological polar surface area (TPSA) is 113 Å². The highest BCUT2D eigenvalue weighted by atomic mass is 32.2. The van der Waals surface area contributed by atoms with Crippen LogP contribution >= 0.6 is 0 Å². The fraction of sp³-hybridized carbons (Fsp3) is 0.375. The molecule has 1 atom stereocenters. The summed E-state index contributed by atoms with van der Waals surface area (Å²) < 4.78 is 33.7. The first-order valence-corrected chi connectivity index (χ1v) is 9.37. The number of hydrogen-bond donors (Lipinski definition) is 2. The van der Waals surface area contributed by atoms with Gasteiger partial charge in [-0.05, 0) is 25.0 Å². The van der Waals surface area contributed by atoms with E-state index in [1.165, 1.54) is 10.6 Å². The van der Waals surface area contributed by atoms with E-state index in [0.29, 0.717) is 31.0 Å². The van der Waals surface area contributed by atoms with Gasteiger partial charge in [0.1, 0.15) is 6.26 Å². The third-order valence-corrected chi connectivity index (χ3v) is 5.60. The Hall–Kier alpha value is -2.23. The maximum Gasteiger partial charge on any atom is 0.307 e. The molecule has 0 spiro atoms. The van der Waals surface area contributed by atoms with Gasteiger partial charge in [0.25, 0.3) is 10.2 Å². The molecule has 8 nitrogen and oxygen atoms in total. The Morgan fingerprint density at radius 2 is 2.12 bits per heavy atom. The highest BCUT2D eigenvalue weighted by Gasteiger charge is 2.32. The van der Waals surface area contributed by atoms with Crippen LogP contribution in [0.3, 0.4) is 0 Å². The fourth-order valence-electron chi connectivity index (χ4n) is 2.72. The predicted octanol–water partition coefficient (Wildman–Crippen LogP) is 1.47. The molecule has 134 valence electrons. The molecule has 2 aromatic rings. The molecule has 3 rings (SSSR count). The fourth-order valence-corrected chi connectivity index (χ4v) is 3.98. The van der Waals surface area contributed by atoms with Gasteiger partial charge in [0.05, 0.1) is 18.2 Å². The maximum atomic E-state index is 12.4. The van der Waals surface area contributed by atoms with E-state index in [-0.39, 0.29) is 13.1 Å². The van der Waals surface area contributed by atoms with Crippen molar-refractivity contribution in [3.05, 3.63) is 42.3 Å². The Morgan fingerprint density at radius 1 is 1.36 bits per heavy atom. The van der Waals surface area contributed by atoms with Crippen molar-refractivity contribution in [2.75, 3.05) is 13.1 Å². The minimum Gasteiger partial charge on any atom is -0.481 e. The minimum atomic E-state index is -3.77. The van der Waals surface area contributed by atoms with Gasteiger partial charge in [-0.2, -0.15) is 17.4 Å². The molecule has 1 aromatic carbocycles. The number of benzene rings is 1. The van der Waals surface area contributed by atoms with Gasteiger partial charge in [0.2, 0.25) is 5.89 Å². The van der Waals surface area contributed by atoms with E-state index < -0.39 is 22.1 Å². The van der Waals surface area contributed by atoms with Crippen LogP contribution in [0.25, 0.3) is 11.5 Å². The molecule has 0 bridgehead atoms. The van der Waals surface area contributed by atoms with Crippen LogP contribution in [0.15, 0.2) is 41.0 Å². The lowest BCUT2D eigenvalue weighted by Crippen LogP contribution is -2.47. The summed E-state index contributed by atoms with van der Waals surface area (Å²) in [7, 11) is -3.77. The second-order valence-corrected chi connectivity index (χ2v) is 7.63. The zero-order valence-corrected chi connectivity index (χ0v) is 14.3. The van der Waals surface area contributed by atoms with Gasteiger partial charge in [-0.15, -0.1) is 0 Å². The van der Waals surface area contributed by atoms with Crippen molar-refractivity contribution in [1.82, 2.24) is 14.0 Å². The van der Waals surface area contributed by atoms with Gasteiger partial charge in [0, 0.05) is 18.7 Å². The van der Waals surface area contributed by atoms with Crippen LogP contribution in [0.1, 0.15) is 18.5 Å². The number of nitrogens with one attached hydrogen (secondary N) is 1. The van der Waals surface area contributed by atoms with E-state index in [2.05, 4.69) is 9.71 Å². The number of hydrogen-bond acceptors (Lipinski definition) is 5. The maximum absolute atomic E-state index is 12.4. The zero-order chi connectivity index (χ0) is 17.9. The molecule has 0 amide bonds. The molecule has 1 aliphatic heterocycles. The van der Waals surface area contributed by atoms with Crippen LogP contribution in [-0.2, 0) is 21.5 Å². The van der Waals surface area contributed by atoms with Crippen LogP contribution in [-0.4, -0.2) is 41.9 Å². The monoisotopic (exact) mass is 365 g/mol. The summed E-state index contributed by atoms with van der Waals surface area (Å²) in [6.45, 7) is 0.277. The predicted molar refractivity (Wildman–Crippen MR) is 89.6 cm³/mol. The van der Waals surface area contributed by atoms with Crippen LogP contribution in [0.4, 0.5) is 0 Å². The van der Waals surface area contributed by atoms with Crippen LogP contribution < -0.4 is 4.72 Å². The number of oxazole rings is 1. The van der Waals surface area contributed by atoms with Crippen molar-refractivity contribution in [3.8, 4) is 11.5 Å². The highest BCUT2D eigenvalue weighted by molar-refractivity contribution is 7.87. The van der Waals surface area contributed by atoms with Gasteiger partial charge in [0.15, 0.2) is 0 Å². The largest absolute Gasteiger partial charge is 0.481 e. The third kappa shape index (κ3) is 4.25. The number of aliphatic carboxylic acids is 1. The first-order chi connectivity index (χ1) is 12.0. The summed E-state index contributed by atoms with van der Waals surface area (Å²) >= 11 is 0. The zero-order valence-electron chi connectivity index (χ0n) is 13.5. The smallest absolute Gasteiger partial charge is 0.307 e. The van der Waals surface area contributed by atoms with Gasteiger partial charge in [-0.1, -0.05) is 18.2 Å². The molecule has 2 N–H and O–H groups in total. The molecule has 0 aliphatic carbocycles. The van der Waals surface area contributed by atoms with Crippen LogP contribution in [0, 0.1) is 5.92 Å². The molecule has 1 aromatic heterocycles. The normalized spacial score (nSPS) is 19.0. The number of piperidine rings is 1. The molecule has 0 saturated carbocycles. The second-order valence-electron chi connectivity index (χ2n) is 5.87. The summed E-state index contributed by atoms with van der Waals surface area (Å²) in [4.78, 5) is 15.3. The van der Waals surface area contributed by atoms with E-state index in [1.54, 1.807) is 0 Å². The SMILES string of the molecule is O=C(O)C1CCCN(S(=O)(=O)NCc2coc(-c3ccccc3)n2)C1. The van der Waals surface area contributed by atoms with Crippen LogP contribution in [0.5, 0.6) is 0 Å². The summed E-state index contributed by atoms with van der Waals surface area (Å²) in [6.07, 6.45) is 2.42. The van der Waals surface area contributed by atoms with Crippen molar-refractivity contribution >= 4 is 16.2 Å². The first kappa shape index (κ1) is 17.6. The lowest BCUT2D eigenvalue weighted by molar-refractivity contribution is -0.142. The highest BCUT2D eigenvalue weighted by Crippen LogP contribution is 2.20. The van der Waals surface area contributed by atoms with Crippen molar-refractivity contribution in [2.45, 2.75) is 19.4 Å². The molecule has 2 heterocycles. The van der Waals surface area contributed by atoms with Gasteiger partial charge >= 0.3 is 5.97 Å². The van der Waals surface area contributed by atoms with Gasteiger partial charge in [-0.25, -0.2) is 4.98 Å². The molecule has 1 unspecified atom stereocenters. The Morgan fingerprint density at radius 3 is 2.84 bits per heavy atom. The van der Waals surface area contributed by atoms with E-state index in [1.807, 2.05) is 30.3 Å². The lowest BCUT2D eigenvalue weighted by Gasteiger charge is -2.29. The molecule has 0 radical (unpaired) electrons. The average molecular weight is 365 g/mol. The van der Waals surface area contributed by atoms with E-state index >= 15 is 0 Å². The van der Waals surface area contributed by atoms with Crippen molar-refractivity contribution in [3.63, 3.8) is 0 Å². The van der Waals surface area contributed by atoms with Crippen molar-refractivity contribution in [1.29, 1.82) is 0 Å². The number of carboxylic acids is 1. The molecular formula is C16H19N3O5S. The minimum absolute atomic E-state index is 0.0151. The molecule has 1 aliphatic rings. The van der Waals surface area contributed by atoms with E-state index in [4.69, 9.17) is 9.52 Å². The van der Waals surface area contributed by atoms with Crippen molar-refractivity contribution in [2.24, 2.45) is 5.92 Å². The molecule has 1 fully saturated rings. The number of rotatable bonds is 6. The Kier molecular flexibility index (Phi) is 5.16. The number of carbonyl (C=O) groups is 1. The van der Waals surface area contributed by atoms with Crippen molar-refractivity contribution < 1.29 is 22.7 Å². The summed E-state index contributed by atoms with van der Waals surface area (Å²) in [5.41, 5.74) is 1.26. The molecule has 1 saturated heterocycles. The number of carboxylic acid groups (broad SMARTS) is 1. The molecule has 25 heavy (non-hydrogen) atoms. The van der Waals surface area contributed by atoms with Gasteiger partial charge in [-0.3, -0.25) is 4.79 Å². The molecular weight excluding hydrogens is 346 g/mol. The average Bonchev–Trinajstić information content (AvgIpc) is 3.10. The Labute approximate surface area is 145 Å². The summed E-state index contributed by atoms with van der Waals surface area (Å²) in [5.74, 6) is -1.22. The summed E-state index contributed by atoms with van der Waals surface area (Å²) in [6, 6.07) is 9.29.